The summed E-state index contributed by atoms with van der Waals surface area (Å²) in [5, 5.41) is 37.5. The maximum Gasteiger partial charge on any atom is 0.186 e. The van der Waals surface area contributed by atoms with E-state index in [-0.39, 0.29) is 6.54 Å². The van der Waals surface area contributed by atoms with Gasteiger partial charge in [-0.3, -0.25) is 0 Å². The predicted molar refractivity (Wildman–Crippen MR) is 72.3 cm³/mol. The van der Waals surface area contributed by atoms with Gasteiger partial charge in [-0.05, 0) is 12.8 Å². The SMILES string of the molecule is CCCCc1cn(C[C@H]2O[C@@H](OC)[C@H](O)[C@@H](O)[C@H]2O)nn1. The predicted octanol–water partition coefficient (Wildman–Crippen LogP) is -0.925. The maximum absolute atomic E-state index is 9.98. The van der Waals surface area contributed by atoms with Crippen LogP contribution >= 0.6 is 0 Å². The molecule has 0 saturated carbocycles. The van der Waals surface area contributed by atoms with Crippen LogP contribution in [0.15, 0.2) is 6.20 Å². The number of rotatable bonds is 6. The maximum atomic E-state index is 9.98. The molecule has 0 unspecified atom stereocenters. The van der Waals surface area contributed by atoms with Crippen molar-refractivity contribution in [2.24, 2.45) is 0 Å². The van der Waals surface area contributed by atoms with Crippen molar-refractivity contribution in [3.8, 4) is 0 Å². The van der Waals surface area contributed by atoms with Crippen molar-refractivity contribution in [1.29, 1.82) is 0 Å². The van der Waals surface area contributed by atoms with Crippen LogP contribution in [0.2, 0.25) is 0 Å². The molecule has 0 spiro atoms. The van der Waals surface area contributed by atoms with Crippen molar-refractivity contribution >= 4 is 0 Å². The van der Waals surface area contributed by atoms with E-state index in [4.69, 9.17) is 9.47 Å². The molecule has 2 heterocycles. The van der Waals surface area contributed by atoms with Gasteiger partial charge in [-0.2, -0.15) is 0 Å². The molecule has 0 amide bonds. The third kappa shape index (κ3) is 3.78. The minimum absolute atomic E-state index is 0.226. The third-order valence-electron chi connectivity index (χ3n) is 3.64. The summed E-state index contributed by atoms with van der Waals surface area (Å²) in [6.07, 6.45) is -0.749. The molecule has 0 radical (unpaired) electrons. The molecule has 3 N–H and O–H groups in total. The van der Waals surface area contributed by atoms with Crippen molar-refractivity contribution in [1.82, 2.24) is 15.0 Å². The molecule has 1 aliphatic rings. The highest BCUT2D eigenvalue weighted by atomic mass is 16.7. The zero-order valence-corrected chi connectivity index (χ0v) is 12.3. The molecule has 5 atom stereocenters. The van der Waals surface area contributed by atoms with Crippen molar-refractivity contribution < 1.29 is 24.8 Å². The van der Waals surface area contributed by atoms with E-state index in [9.17, 15) is 15.3 Å². The van der Waals surface area contributed by atoms with Gasteiger partial charge in [-0.15, -0.1) is 5.10 Å². The van der Waals surface area contributed by atoms with Crippen LogP contribution in [-0.4, -0.2) is 68.1 Å². The van der Waals surface area contributed by atoms with Crippen molar-refractivity contribution in [3.63, 3.8) is 0 Å². The first-order valence-corrected chi connectivity index (χ1v) is 7.18. The second-order valence-electron chi connectivity index (χ2n) is 5.29. The molecule has 1 fully saturated rings. The van der Waals surface area contributed by atoms with Gasteiger partial charge < -0.3 is 24.8 Å². The summed E-state index contributed by atoms with van der Waals surface area (Å²) in [5.74, 6) is 0. The molecule has 1 aliphatic heterocycles. The lowest BCUT2D eigenvalue weighted by molar-refractivity contribution is -0.292. The topological polar surface area (TPSA) is 110 Å². The van der Waals surface area contributed by atoms with Crippen LogP contribution in [0, 0.1) is 0 Å². The van der Waals surface area contributed by atoms with E-state index in [0.717, 1.165) is 25.0 Å². The summed E-state index contributed by atoms with van der Waals surface area (Å²) >= 11 is 0. The molecule has 0 aliphatic carbocycles. The standard InChI is InChI=1S/C13H23N3O5/c1-3-4-5-8-6-16(15-14-8)7-9-10(17)11(18)12(19)13(20-2)21-9/h6,9-13,17-19H,3-5,7H2,1-2H3/t9-,10+,11+,12-,13-/m1/s1. The van der Waals surface area contributed by atoms with E-state index in [1.54, 1.807) is 10.9 Å². The number of nitrogens with zero attached hydrogens (tertiary/aromatic N) is 3. The van der Waals surface area contributed by atoms with Gasteiger partial charge in [0.15, 0.2) is 6.29 Å². The minimum Gasteiger partial charge on any atom is -0.388 e. The normalized spacial score (nSPS) is 33.3. The Kier molecular flexibility index (Phi) is 5.65. The zero-order valence-electron chi connectivity index (χ0n) is 12.3. The molecule has 120 valence electrons. The number of aromatic nitrogens is 3. The Morgan fingerprint density at radius 3 is 2.71 bits per heavy atom. The van der Waals surface area contributed by atoms with E-state index >= 15 is 0 Å². The second-order valence-corrected chi connectivity index (χ2v) is 5.29. The molecular weight excluding hydrogens is 278 g/mol. The summed E-state index contributed by atoms with van der Waals surface area (Å²) < 4.78 is 12.0. The Morgan fingerprint density at radius 2 is 2.05 bits per heavy atom. The molecule has 2 rings (SSSR count). The number of aryl methyl sites for hydroxylation is 1. The summed E-state index contributed by atoms with van der Waals surface area (Å²) in [7, 11) is 1.37. The van der Waals surface area contributed by atoms with Gasteiger partial charge in [0.25, 0.3) is 0 Å². The zero-order chi connectivity index (χ0) is 15.4. The summed E-state index contributed by atoms with van der Waals surface area (Å²) in [4.78, 5) is 0. The Hall–Kier alpha value is -1.06. The van der Waals surface area contributed by atoms with Gasteiger partial charge in [0.2, 0.25) is 0 Å². The number of hydrogen-bond acceptors (Lipinski definition) is 7. The third-order valence-corrected chi connectivity index (χ3v) is 3.64. The van der Waals surface area contributed by atoms with Gasteiger partial charge in [0, 0.05) is 13.3 Å². The first kappa shape index (κ1) is 16.3. The van der Waals surface area contributed by atoms with Crippen LogP contribution in [0.4, 0.5) is 0 Å². The van der Waals surface area contributed by atoms with E-state index in [2.05, 4.69) is 17.2 Å². The van der Waals surface area contributed by atoms with Crippen molar-refractivity contribution in [2.75, 3.05) is 7.11 Å². The Labute approximate surface area is 123 Å². The molecule has 21 heavy (non-hydrogen) atoms. The smallest absolute Gasteiger partial charge is 0.186 e. The highest BCUT2D eigenvalue weighted by Gasteiger charge is 2.44. The quantitative estimate of drug-likeness (QED) is 0.623. The number of methoxy groups -OCH3 is 1. The molecule has 1 aromatic heterocycles. The van der Waals surface area contributed by atoms with Crippen LogP contribution < -0.4 is 0 Å². The molecule has 0 aromatic carbocycles. The number of aliphatic hydroxyl groups is 3. The molecule has 0 bridgehead atoms. The first-order chi connectivity index (χ1) is 10.1. The second kappa shape index (κ2) is 7.28. The van der Waals surface area contributed by atoms with Crippen LogP contribution in [0.1, 0.15) is 25.5 Å². The Bertz CT molecular complexity index is 439. The van der Waals surface area contributed by atoms with Gasteiger partial charge in [0.1, 0.15) is 24.4 Å². The molecule has 8 heteroatoms. The lowest BCUT2D eigenvalue weighted by Crippen LogP contribution is -2.58. The number of ether oxygens (including phenoxy) is 2. The van der Waals surface area contributed by atoms with Crippen molar-refractivity contribution in [3.05, 3.63) is 11.9 Å². The summed E-state index contributed by atoms with van der Waals surface area (Å²) in [6.45, 7) is 2.33. The minimum atomic E-state index is -1.32. The van der Waals surface area contributed by atoms with Gasteiger partial charge >= 0.3 is 0 Å². The summed E-state index contributed by atoms with van der Waals surface area (Å²) in [6, 6.07) is 0. The van der Waals surface area contributed by atoms with Crippen LogP contribution in [0.25, 0.3) is 0 Å². The number of unbranched alkanes of at least 4 members (excludes halogenated alkanes) is 1. The fourth-order valence-corrected chi connectivity index (χ4v) is 2.35. The van der Waals surface area contributed by atoms with E-state index < -0.39 is 30.7 Å². The first-order valence-electron chi connectivity index (χ1n) is 7.18. The van der Waals surface area contributed by atoms with E-state index in [1.807, 2.05) is 0 Å². The van der Waals surface area contributed by atoms with Crippen molar-refractivity contribution in [2.45, 2.75) is 63.4 Å². The Balaban J connectivity index is 1.99. The largest absolute Gasteiger partial charge is 0.388 e. The molecule has 1 aromatic rings. The monoisotopic (exact) mass is 301 g/mol. The van der Waals surface area contributed by atoms with Crippen LogP contribution in [-0.2, 0) is 22.4 Å². The number of aliphatic hydroxyl groups excluding tert-OH is 3. The van der Waals surface area contributed by atoms with E-state index in [0.29, 0.717) is 0 Å². The average molecular weight is 301 g/mol. The summed E-state index contributed by atoms with van der Waals surface area (Å²) in [5.41, 5.74) is 0.881. The lowest BCUT2D eigenvalue weighted by Gasteiger charge is -2.39. The molecule has 8 nitrogen and oxygen atoms in total. The fourth-order valence-electron chi connectivity index (χ4n) is 2.35. The Morgan fingerprint density at radius 1 is 1.29 bits per heavy atom. The van der Waals surface area contributed by atoms with Crippen LogP contribution in [0.3, 0.4) is 0 Å². The average Bonchev–Trinajstić information content (AvgIpc) is 2.93. The lowest BCUT2D eigenvalue weighted by atomic mass is 9.99. The highest BCUT2D eigenvalue weighted by Crippen LogP contribution is 2.22. The fraction of sp³-hybridized carbons (Fsp3) is 0.846. The van der Waals surface area contributed by atoms with Gasteiger partial charge in [0.05, 0.1) is 12.2 Å². The van der Waals surface area contributed by atoms with Gasteiger partial charge in [-0.25, -0.2) is 4.68 Å². The number of hydrogen-bond donors (Lipinski definition) is 3. The highest BCUT2D eigenvalue weighted by molar-refractivity contribution is 4.94. The molecular formula is C13H23N3O5. The molecule has 1 saturated heterocycles. The van der Waals surface area contributed by atoms with Crippen LogP contribution in [0.5, 0.6) is 0 Å². The van der Waals surface area contributed by atoms with Gasteiger partial charge in [-0.1, -0.05) is 18.6 Å². The van der Waals surface area contributed by atoms with E-state index in [1.165, 1.54) is 7.11 Å².